The van der Waals surface area contributed by atoms with Crippen molar-refractivity contribution in [1.82, 2.24) is 10.3 Å². The highest BCUT2D eigenvalue weighted by molar-refractivity contribution is 7.09. The van der Waals surface area contributed by atoms with Gasteiger partial charge in [0, 0.05) is 22.2 Å². The third-order valence-electron chi connectivity index (χ3n) is 4.34. The molecule has 1 atom stereocenters. The van der Waals surface area contributed by atoms with Gasteiger partial charge in [0.05, 0.1) is 10.7 Å². The van der Waals surface area contributed by atoms with Gasteiger partial charge in [-0.15, -0.1) is 11.3 Å². The van der Waals surface area contributed by atoms with Crippen molar-refractivity contribution in [2.75, 3.05) is 5.32 Å². The van der Waals surface area contributed by atoms with Crippen molar-refractivity contribution in [3.8, 4) is 11.3 Å². The highest BCUT2D eigenvalue weighted by Crippen LogP contribution is 2.23. The first-order valence-corrected chi connectivity index (χ1v) is 10.0. The Morgan fingerprint density at radius 2 is 1.68 bits per heavy atom. The molecule has 2 N–H and O–H groups in total. The molecule has 0 bridgehead atoms. The van der Waals surface area contributed by atoms with Crippen LogP contribution in [-0.4, -0.2) is 22.8 Å². The lowest BCUT2D eigenvalue weighted by atomic mass is 10.0. The molecule has 3 aromatic rings. The summed E-state index contributed by atoms with van der Waals surface area (Å²) < 4.78 is 0. The summed E-state index contributed by atoms with van der Waals surface area (Å²) in [6.45, 7) is 5.78. The maximum atomic E-state index is 12.7. The first kappa shape index (κ1) is 19.8. The van der Waals surface area contributed by atoms with E-state index in [1.165, 1.54) is 0 Å². The highest BCUT2D eigenvalue weighted by Gasteiger charge is 2.24. The van der Waals surface area contributed by atoms with Crippen LogP contribution in [-0.2, 0) is 4.79 Å². The lowest BCUT2D eigenvalue weighted by Crippen LogP contribution is -2.47. The van der Waals surface area contributed by atoms with Crippen molar-refractivity contribution < 1.29 is 9.59 Å². The van der Waals surface area contributed by atoms with Gasteiger partial charge >= 0.3 is 0 Å². The van der Waals surface area contributed by atoms with Gasteiger partial charge in [-0.05, 0) is 37.1 Å². The van der Waals surface area contributed by atoms with Crippen LogP contribution in [0, 0.1) is 12.8 Å². The molecular formula is C22H23N3O2S. The lowest BCUT2D eigenvalue weighted by Gasteiger charge is -2.22. The Balaban J connectivity index is 1.67. The molecular weight excluding hydrogens is 370 g/mol. The maximum absolute atomic E-state index is 12.7. The summed E-state index contributed by atoms with van der Waals surface area (Å²) in [5.41, 5.74) is 3.14. The molecule has 144 valence electrons. The molecule has 0 aliphatic carbocycles. The van der Waals surface area contributed by atoms with Crippen molar-refractivity contribution in [3.05, 3.63) is 70.5 Å². The average molecular weight is 394 g/mol. The van der Waals surface area contributed by atoms with Gasteiger partial charge in [-0.3, -0.25) is 9.59 Å². The van der Waals surface area contributed by atoms with E-state index in [4.69, 9.17) is 0 Å². The summed E-state index contributed by atoms with van der Waals surface area (Å²) in [5.74, 6) is -0.551. The first-order valence-electron chi connectivity index (χ1n) is 9.13. The molecule has 3 rings (SSSR count). The molecule has 0 radical (unpaired) electrons. The fraction of sp³-hybridized carbons (Fsp3) is 0.227. The van der Waals surface area contributed by atoms with E-state index in [1.807, 2.05) is 56.5 Å². The summed E-state index contributed by atoms with van der Waals surface area (Å²) >= 11 is 1.60. The summed E-state index contributed by atoms with van der Waals surface area (Å²) in [5, 5.41) is 8.75. The zero-order valence-electron chi connectivity index (χ0n) is 16.1. The molecule has 2 amide bonds. The van der Waals surface area contributed by atoms with E-state index in [0.717, 1.165) is 16.3 Å². The number of benzene rings is 2. The van der Waals surface area contributed by atoms with Gasteiger partial charge in [0.1, 0.15) is 6.04 Å². The molecule has 1 aromatic heterocycles. The van der Waals surface area contributed by atoms with Crippen LogP contribution < -0.4 is 10.6 Å². The van der Waals surface area contributed by atoms with Crippen molar-refractivity contribution >= 4 is 28.8 Å². The SMILES string of the molecule is Cc1nc(-c2ccc(NC(=O)[C@@H](NC(=O)c3ccccc3)C(C)C)cc2)cs1. The fourth-order valence-corrected chi connectivity index (χ4v) is 3.41. The van der Waals surface area contributed by atoms with E-state index < -0.39 is 6.04 Å². The Bertz CT molecular complexity index is 949. The van der Waals surface area contributed by atoms with Crippen LogP contribution in [0.3, 0.4) is 0 Å². The summed E-state index contributed by atoms with van der Waals surface area (Å²) in [6.07, 6.45) is 0. The predicted molar refractivity (Wildman–Crippen MR) is 113 cm³/mol. The zero-order valence-corrected chi connectivity index (χ0v) is 16.9. The van der Waals surface area contributed by atoms with Crippen molar-refractivity contribution in [3.63, 3.8) is 0 Å². The summed E-state index contributed by atoms with van der Waals surface area (Å²) in [4.78, 5) is 29.6. The van der Waals surface area contributed by atoms with Gasteiger partial charge in [-0.25, -0.2) is 4.98 Å². The Labute approximate surface area is 168 Å². The Hall–Kier alpha value is -2.99. The lowest BCUT2D eigenvalue weighted by molar-refractivity contribution is -0.118. The molecule has 0 spiro atoms. The second-order valence-corrected chi connectivity index (χ2v) is 7.94. The molecule has 1 heterocycles. The minimum Gasteiger partial charge on any atom is -0.340 e. The smallest absolute Gasteiger partial charge is 0.251 e. The van der Waals surface area contributed by atoms with E-state index in [2.05, 4.69) is 15.6 Å². The van der Waals surface area contributed by atoms with Crippen LogP contribution >= 0.6 is 11.3 Å². The largest absolute Gasteiger partial charge is 0.340 e. The number of aromatic nitrogens is 1. The van der Waals surface area contributed by atoms with E-state index in [9.17, 15) is 9.59 Å². The topological polar surface area (TPSA) is 71.1 Å². The van der Waals surface area contributed by atoms with Crippen LogP contribution in [0.2, 0.25) is 0 Å². The van der Waals surface area contributed by atoms with E-state index in [1.54, 1.807) is 35.6 Å². The Morgan fingerprint density at radius 3 is 2.25 bits per heavy atom. The average Bonchev–Trinajstić information content (AvgIpc) is 3.13. The summed E-state index contributed by atoms with van der Waals surface area (Å²) in [6, 6.07) is 15.8. The third kappa shape index (κ3) is 4.84. The number of aryl methyl sites for hydroxylation is 1. The van der Waals surface area contributed by atoms with Crippen molar-refractivity contribution in [1.29, 1.82) is 0 Å². The predicted octanol–water partition coefficient (Wildman–Crippen LogP) is 4.51. The second kappa shape index (κ2) is 8.80. The number of carbonyl (C=O) groups excluding carboxylic acids is 2. The number of nitrogens with zero attached hydrogens (tertiary/aromatic N) is 1. The van der Waals surface area contributed by atoms with Gasteiger partial charge in [0.15, 0.2) is 0 Å². The van der Waals surface area contributed by atoms with Crippen LogP contribution in [0.25, 0.3) is 11.3 Å². The molecule has 0 saturated heterocycles. The van der Waals surface area contributed by atoms with Gasteiger partial charge in [-0.2, -0.15) is 0 Å². The number of hydrogen-bond acceptors (Lipinski definition) is 4. The monoisotopic (exact) mass is 393 g/mol. The normalized spacial score (nSPS) is 11.9. The van der Waals surface area contributed by atoms with Crippen LogP contribution in [0.15, 0.2) is 60.0 Å². The van der Waals surface area contributed by atoms with E-state index >= 15 is 0 Å². The van der Waals surface area contributed by atoms with Crippen LogP contribution in [0.4, 0.5) is 5.69 Å². The number of thiazole rings is 1. The highest BCUT2D eigenvalue weighted by atomic mass is 32.1. The van der Waals surface area contributed by atoms with Gasteiger partial charge < -0.3 is 10.6 Å². The molecule has 0 aliphatic heterocycles. The zero-order chi connectivity index (χ0) is 20.1. The summed E-state index contributed by atoms with van der Waals surface area (Å²) in [7, 11) is 0. The standard InChI is InChI=1S/C22H23N3O2S/c1-14(2)20(25-21(26)17-7-5-4-6-8-17)22(27)24-18-11-9-16(10-12-18)19-13-28-15(3)23-19/h4-14,20H,1-3H3,(H,24,27)(H,25,26)/t20-/m0/s1. The van der Waals surface area contributed by atoms with Gasteiger partial charge in [0.2, 0.25) is 5.91 Å². The molecule has 5 nitrogen and oxygen atoms in total. The Kier molecular flexibility index (Phi) is 6.21. The number of nitrogens with one attached hydrogen (secondary N) is 2. The van der Waals surface area contributed by atoms with Gasteiger partial charge in [-0.1, -0.05) is 44.2 Å². The van der Waals surface area contributed by atoms with E-state index in [0.29, 0.717) is 11.3 Å². The maximum Gasteiger partial charge on any atom is 0.251 e. The number of rotatable bonds is 6. The molecule has 28 heavy (non-hydrogen) atoms. The number of amides is 2. The van der Waals surface area contributed by atoms with Crippen LogP contribution in [0.5, 0.6) is 0 Å². The molecule has 0 saturated carbocycles. The molecule has 0 fully saturated rings. The van der Waals surface area contributed by atoms with Crippen molar-refractivity contribution in [2.24, 2.45) is 5.92 Å². The quantitative estimate of drug-likeness (QED) is 0.647. The third-order valence-corrected chi connectivity index (χ3v) is 5.11. The second-order valence-electron chi connectivity index (χ2n) is 6.88. The Morgan fingerprint density at radius 1 is 1.00 bits per heavy atom. The molecule has 0 unspecified atom stereocenters. The first-order chi connectivity index (χ1) is 13.4. The minimum absolute atomic E-state index is 0.0510. The van der Waals surface area contributed by atoms with Gasteiger partial charge in [0.25, 0.3) is 5.91 Å². The molecule has 2 aromatic carbocycles. The minimum atomic E-state index is -0.631. The fourth-order valence-electron chi connectivity index (χ4n) is 2.79. The van der Waals surface area contributed by atoms with E-state index in [-0.39, 0.29) is 17.7 Å². The number of anilines is 1. The molecule has 0 aliphatic rings. The molecule has 6 heteroatoms. The number of hydrogen-bond donors (Lipinski definition) is 2. The number of carbonyl (C=O) groups is 2. The van der Waals surface area contributed by atoms with Crippen molar-refractivity contribution in [2.45, 2.75) is 26.8 Å². The van der Waals surface area contributed by atoms with Crippen LogP contribution in [0.1, 0.15) is 29.2 Å².